The molecule has 0 amide bonds. The fourth-order valence-electron chi connectivity index (χ4n) is 10.1. The van der Waals surface area contributed by atoms with Crippen LogP contribution in [-0.4, -0.2) is 96.7 Å². The van der Waals surface area contributed by atoms with E-state index in [4.69, 9.17) is 37.0 Å². The van der Waals surface area contributed by atoms with Gasteiger partial charge in [0.15, 0.2) is 12.2 Å². The average Bonchev–Trinajstić information content (AvgIpc) is 0.953. The van der Waals surface area contributed by atoms with Gasteiger partial charge in [0.05, 0.1) is 32.8 Å². The van der Waals surface area contributed by atoms with Crippen molar-refractivity contribution >= 4 is 39.5 Å². The maximum absolute atomic E-state index is 13.1. The quantitative estimate of drug-likeness (QED) is 0.0169. The van der Waals surface area contributed by atoms with Crippen molar-refractivity contribution in [3.8, 4) is 0 Å². The first-order chi connectivity index (χ1) is 48.7. The second kappa shape index (κ2) is 72.8. The first-order valence-electron chi connectivity index (χ1n) is 38.8. The van der Waals surface area contributed by atoms with Gasteiger partial charge in [-0.05, 0) is 96.3 Å². The lowest BCUT2D eigenvalue weighted by molar-refractivity contribution is -0.161. The van der Waals surface area contributed by atoms with Gasteiger partial charge < -0.3 is 33.8 Å². The third-order valence-corrected chi connectivity index (χ3v) is 17.9. The minimum Gasteiger partial charge on any atom is -0.462 e. The lowest BCUT2D eigenvalue weighted by atomic mass is 10.0. The van der Waals surface area contributed by atoms with E-state index < -0.39 is 97.5 Å². The van der Waals surface area contributed by atoms with Crippen LogP contribution in [0.2, 0.25) is 0 Å². The van der Waals surface area contributed by atoms with Crippen LogP contribution in [-0.2, 0) is 65.4 Å². The minimum atomic E-state index is -4.99. The topological polar surface area (TPSA) is 237 Å². The molecule has 17 nitrogen and oxygen atoms in total. The Labute approximate surface area is 606 Å². The fourth-order valence-corrected chi connectivity index (χ4v) is 11.7. The number of ether oxygens (including phenoxy) is 4. The molecule has 0 fully saturated rings. The number of rotatable bonds is 72. The van der Waals surface area contributed by atoms with Crippen molar-refractivity contribution in [2.24, 2.45) is 0 Å². The molecule has 0 aliphatic carbocycles. The van der Waals surface area contributed by atoms with Crippen LogP contribution in [0.25, 0.3) is 0 Å². The predicted molar refractivity (Wildman–Crippen MR) is 408 cm³/mol. The van der Waals surface area contributed by atoms with E-state index in [0.29, 0.717) is 25.7 Å². The highest BCUT2D eigenvalue weighted by Crippen LogP contribution is 2.45. The number of aliphatic hydroxyl groups excluding tert-OH is 1. The molecule has 3 N–H and O–H groups in total. The molecule has 574 valence electrons. The van der Waals surface area contributed by atoms with E-state index in [1.807, 2.05) is 18.2 Å². The van der Waals surface area contributed by atoms with Crippen molar-refractivity contribution in [2.75, 3.05) is 39.6 Å². The van der Waals surface area contributed by atoms with E-state index in [0.717, 1.165) is 128 Å². The molecule has 0 aliphatic heterocycles. The molecule has 0 aromatic rings. The molecule has 0 rings (SSSR count). The third-order valence-electron chi connectivity index (χ3n) is 16.0. The van der Waals surface area contributed by atoms with Gasteiger partial charge in [-0.1, -0.05) is 310 Å². The smallest absolute Gasteiger partial charge is 0.462 e. The molecule has 100 heavy (non-hydrogen) atoms. The van der Waals surface area contributed by atoms with E-state index >= 15 is 0 Å². The monoisotopic (exact) mass is 1440 g/mol. The summed E-state index contributed by atoms with van der Waals surface area (Å²) in [6.45, 7) is 4.51. The molecule has 0 heterocycles. The Morgan fingerprint density at radius 3 is 0.890 bits per heavy atom. The van der Waals surface area contributed by atoms with Crippen LogP contribution in [0.15, 0.2) is 122 Å². The van der Waals surface area contributed by atoms with E-state index in [1.165, 1.54) is 103 Å². The molecule has 0 aromatic heterocycles. The summed E-state index contributed by atoms with van der Waals surface area (Å²) in [4.78, 5) is 72.8. The number of phosphoric ester groups is 2. The number of hydrogen-bond acceptors (Lipinski definition) is 15. The molecule has 5 unspecified atom stereocenters. The van der Waals surface area contributed by atoms with Gasteiger partial charge in [-0.2, -0.15) is 0 Å². The van der Waals surface area contributed by atoms with Crippen molar-refractivity contribution in [2.45, 2.75) is 329 Å². The summed E-state index contributed by atoms with van der Waals surface area (Å²) in [7, 11) is -9.98. The Hall–Kier alpha value is -4.54. The van der Waals surface area contributed by atoms with Crippen LogP contribution >= 0.6 is 15.6 Å². The summed E-state index contributed by atoms with van der Waals surface area (Å²) in [6.07, 6.45) is 79.4. The van der Waals surface area contributed by atoms with Crippen LogP contribution in [0.5, 0.6) is 0 Å². The fraction of sp³-hybridized carbons (Fsp3) is 0.704. The molecule has 0 saturated heterocycles. The van der Waals surface area contributed by atoms with E-state index in [-0.39, 0.29) is 25.7 Å². The zero-order valence-electron chi connectivity index (χ0n) is 62.6. The first kappa shape index (κ1) is 95.5. The molecule has 0 saturated carbocycles. The van der Waals surface area contributed by atoms with E-state index in [1.54, 1.807) is 6.08 Å². The number of unbranched alkanes of at least 4 members (excludes halogenated alkanes) is 27. The largest absolute Gasteiger partial charge is 0.472 e. The minimum absolute atomic E-state index is 0.0703. The van der Waals surface area contributed by atoms with Gasteiger partial charge in [0.25, 0.3) is 0 Å². The zero-order valence-corrected chi connectivity index (χ0v) is 64.4. The normalized spacial score (nSPS) is 14.6. The summed E-state index contributed by atoms with van der Waals surface area (Å²) < 4.78 is 68.3. The summed E-state index contributed by atoms with van der Waals surface area (Å²) >= 11 is 0. The standard InChI is InChI=1S/C81H138O17P2/c1-5-9-13-17-21-25-29-32-35-36-37-38-41-43-47-50-54-58-62-66-79(84)91-71-76(97-80(85)67-63-59-55-51-45-28-24-20-16-12-8-4)73-95-99(87,88)93-69-75(82)70-94-100(89,90)96-74-77(98-81(86)68-64-60-56-52-48-44-40-34-31-27-23-19-15-11-7-3)72-92-78(83)65-61-57-53-49-46-42-39-33-30-26-22-18-14-10-6-2/h9-10,13-14,21-22,25-26,32-33,35,37-39,43,46-47,49,57,61,75-77,82H,5-8,11-12,15-20,23-24,27-31,34,36,40-42,44-45,48,50-56,58-60,62-74H2,1-4H3,(H,87,88)(H,89,90)/b13-9-,14-10-,25-21-,26-22-,35-32-,38-37-,39-33-,47-43-,49-46-,61-57-. The molecule has 0 spiro atoms. The Kier molecular flexibility index (Phi) is 69.5. The molecule has 0 aromatic carbocycles. The van der Waals surface area contributed by atoms with Crippen molar-refractivity contribution in [1.29, 1.82) is 0 Å². The lowest BCUT2D eigenvalue weighted by Crippen LogP contribution is -2.30. The molecule has 5 atom stereocenters. The van der Waals surface area contributed by atoms with Gasteiger partial charge in [-0.25, -0.2) is 9.13 Å². The number of phosphoric acid groups is 2. The number of aliphatic hydroxyl groups is 1. The van der Waals surface area contributed by atoms with Gasteiger partial charge in [0.1, 0.15) is 19.3 Å². The Morgan fingerprint density at radius 1 is 0.300 bits per heavy atom. The van der Waals surface area contributed by atoms with Gasteiger partial charge in [0.2, 0.25) is 0 Å². The van der Waals surface area contributed by atoms with Crippen LogP contribution in [0.1, 0.15) is 310 Å². The molecular weight excluding hydrogens is 1310 g/mol. The SMILES string of the molecule is CC/C=C\C/C=C\C/C=C\C/C=C\C/C=C\CCCCCC(=O)OCC(COP(=O)(O)OCC(O)COP(=O)(O)OCC(COC(=O)C/C=C\C/C=C\C/C=C\C/C=C\C/C=C\CC)OC(=O)CCCCCCCCCCCCCCCCC)OC(=O)CCCCCCCCCCCCC. The van der Waals surface area contributed by atoms with Crippen molar-refractivity contribution < 1.29 is 80.2 Å². The highest BCUT2D eigenvalue weighted by atomic mass is 31.2. The van der Waals surface area contributed by atoms with E-state index in [2.05, 4.69) is 125 Å². The van der Waals surface area contributed by atoms with Gasteiger partial charge in [-0.15, -0.1) is 0 Å². The summed E-state index contributed by atoms with van der Waals surface area (Å²) in [5.41, 5.74) is 0. The highest BCUT2D eigenvalue weighted by Gasteiger charge is 2.30. The van der Waals surface area contributed by atoms with Gasteiger partial charge >= 0.3 is 39.5 Å². The van der Waals surface area contributed by atoms with Crippen LogP contribution in [0, 0.1) is 0 Å². The Morgan fingerprint density at radius 2 is 0.560 bits per heavy atom. The van der Waals surface area contributed by atoms with Gasteiger partial charge in [0, 0.05) is 19.3 Å². The molecule has 19 heteroatoms. The van der Waals surface area contributed by atoms with Gasteiger partial charge in [-0.3, -0.25) is 37.3 Å². The molecule has 0 radical (unpaired) electrons. The summed E-state index contributed by atoms with van der Waals surface area (Å²) in [5.74, 6) is -2.35. The molecule has 0 bridgehead atoms. The Bertz CT molecular complexity index is 2370. The van der Waals surface area contributed by atoms with Crippen LogP contribution < -0.4 is 0 Å². The third kappa shape index (κ3) is 71.8. The lowest BCUT2D eigenvalue weighted by Gasteiger charge is -2.21. The van der Waals surface area contributed by atoms with Crippen LogP contribution in [0.3, 0.4) is 0 Å². The maximum atomic E-state index is 13.1. The second-order valence-electron chi connectivity index (χ2n) is 25.6. The zero-order chi connectivity index (χ0) is 73.2. The number of allylic oxidation sites excluding steroid dienone is 19. The highest BCUT2D eigenvalue weighted by molar-refractivity contribution is 7.47. The molecule has 0 aliphatic rings. The summed E-state index contributed by atoms with van der Waals surface area (Å²) in [6, 6.07) is 0. The number of carbonyl (C=O) groups excluding carboxylic acids is 4. The second-order valence-corrected chi connectivity index (χ2v) is 28.5. The first-order valence-corrected chi connectivity index (χ1v) is 41.8. The Balaban J connectivity index is 5.40. The van der Waals surface area contributed by atoms with Crippen molar-refractivity contribution in [3.63, 3.8) is 0 Å². The molecular formula is C81H138O17P2. The average molecular weight is 1450 g/mol. The maximum Gasteiger partial charge on any atom is 0.472 e. The number of carbonyl (C=O) groups is 4. The van der Waals surface area contributed by atoms with Crippen molar-refractivity contribution in [1.82, 2.24) is 0 Å². The summed E-state index contributed by atoms with van der Waals surface area (Å²) in [5, 5.41) is 10.6. The predicted octanol–water partition coefficient (Wildman–Crippen LogP) is 22.3. The van der Waals surface area contributed by atoms with Crippen LogP contribution in [0.4, 0.5) is 0 Å². The number of esters is 4. The van der Waals surface area contributed by atoms with E-state index in [9.17, 15) is 43.2 Å². The number of hydrogen-bond donors (Lipinski definition) is 3. The van der Waals surface area contributed by atoms with Crippen molar-refractivity contribution in [3.05, 3.63) is 122 Å².